The second-order valence-corrected chi connectivity index (χ2v) is 2.64. The number of rotatable bonds is 4. The van der Waals surface area contributed by atoms with Gasteiger partial charge in [0.25, 0.3) is 0 Å². The first-order valence-electron chi connectivity index (χ1n) is 3.72. The Morgan fingerprint density at radius 1 is 1.56 bits per heavy atom. The van der Waals surface area contributed by atoms with Gasteiger partial charge in [-0.2, -0.15) is 0 Å². The first-order chi connectivity index (χ1) is 4.43. The SMILES string of the molecule is CNOCCC1CCC1. The molecule has 0 aromatic rings. The fraction of sp³-hybridized carbons (Fsp3) is 1.00. The molecule has 0 aliphatic heterocycles. The van der Waals surface area contributed by atoms with Gasteiger partial charge in [0.05, 0.1) is 6.61 Å². The molecular formula is C7H15NO. The Hall–Kier alpha value is -0.0800. The van der Waals surface area contributed by atoms with Gasteiger partial charge in [0, 0.05) is 7.05 Å². The maximum absolute atomic E-state index is 4.99. The van der Waals surface area contributed by atoms with Gasteiger partial charge in [-0.25, -0.2) is 5.48 Å². The van der Waals surface area contributed by atoms with E-state index < -0.39 is 0 Å². The van der Waals surface area contributed by atoms with E-state index in [1.807, 2.05) is 0 Å². The van der Waals surface area contributed by atoms with E-state index in [4.69, 9.17) is 4.84 Å². The highest BCUT2D eigenvalue weighted by Crippen LogP contribution is 2.28. The van der Waals surface area contributed by atoms with Crippen LogP contribution in [0, 0.1) is 5.92 Å². The van der Waals surface area contributed by atoms with Crippen LogP contribution < -0.4 is 5.48 Å². The van der Waals surface area contributed by atoms with Crippen molar-refractivity contribution in [2.75, 3.05) is 13.7 Å². The molecule has 1 aliphatic carbocycles. The Kier molecular flexibility index (Phi) is 3.01. The third-order valence-corrected chi connectivity index (χ3v) is 2.00. The third-order valence-electron chi connectivity index (χ3n) is 2.00. The summed E-state index contributed by atoms with van der Waals surface area (Å²) in [5.41, 5.74) is 2.67. The lowest BCUT2D eigenvalue weighted by atomic mass is 9.83. The van der Waals surface area contributed by atoms with Gasteiger partial charge in [-0.05, 0) is 12.3 Å². The van der Waals surface area contributed by atoms with E-state index in [1.165, 1.54) is 25.7 Å². The van der Waals surface area contributed by atoms with Gasteiger partial charge >= 0.3 is 0 Å². The van der Waals surface area contributed by atoms with E-state index >= 15 is 0 Å². The normalized spacial score (nSPS) is 19.7. The molecule has 0 aromatic carbocycles. The molecule has 9 heavy (non-hydrogen) atoms. The number of nitrogens with one attached hydrogen (secondary N) is 1. The van der Waals surface area contributed by atoms with E-state index in [-0.39, 0.29) is 0 Å². The smallest absolute Gasteiger partial charge is 0.0684 e. The summed E-state index contributed by atoms with van der Waals surface area (Å²) in [5.74, 6) is 0.971. The van der Waals surface area contributed by atoms with Crippen molar-refractivity contribution in [3.8, 4) is 0 Å². The van der Waals surface area contributed by atoms with Gasteiger partial charge in [0.1, 0.15) is 0 Å². The quantitative estimate of drug-likeness (QED) is 0.456. The molecule has 1 fully saturated rings. The van der Waals surface area contributed by atoms with E-state index in [1.54, 1.807) is 7.05 Å². The second kappa shape index (κ2) is 3.85. The lowest BCUT2D eigenvalue weighted by molar-refractivity contribution is 0.0412. The molecule has 0 radical (unpaired) electrons. The zero-order valence-electron chi connectivity index (χ0n) is 6.02. The van der Waals surface area contributed by atoms with Crippen LogP contribution in [0.15, 0.2) is 0 Å². The first-order valence-corrected chi connectivity index (χ1v) is 3.72. The van der Waals surface area contributed by atoms with Crippen LogP contribution in [0.25, 0.3) is 0 Å². The standard InChI is InChI=1S/C7H15NO/c1-8-9-6-5-7-3-2-4-7/h7-8H,2-6H2,1H3. The predicted octanol–water partition coefficient (Wildman–Crippen LogP) is 1.33. The molecule has 2 nitrogen and oxygen atoms in total. The summed E-state index contributed by atoms with van der Waals surface area (Å²) in [4.78, 5) is 4.99. The molecule has 0 heterocycles. The molecule has 0 saturated heterocycles. The Morgan fingerprint density at radius 3 is 2.78 bits per heavy atom. The van der Waals surface area contributed by atoms with Crippen LogP contribution in [0.3, 0.4) is 0 Å². The molecule has 0 spiro atoms. The molecule has 0 bridgehead atoms. The largest absolute Gasteiger partial charge is 0.302 e. The minimum absolute atomic E-state index is 0.876. The third kappa shape index (κ3) is 2.33. The predicted molar refractivity (Wildman–Crippen MR) is 37.0 cm³/mol. The van der Waals surface area contributed by atoms with E-state index in [0.29, 0.717) is 0 Å². The highest BCUT2D eigenvalue weighted by Gasteiger charge is 2.16. The molecule has 54 valence electrons. The van der Waals surface area contributed by atoms with Crippen molar-refractivity contribution < 1.29 is 4.84 Å². The Morgan fingerprint density at radius 2 is 2.33 bits per heavy atom. The Bertz CT molecular complexity index is 71.3. The van der Waals surface area contributed by atoms with E-state index in [2.05, 4.69) is 5.48 Å². The molecule has 0 aromatic heterocycles. The van der Waals surface area contributed by atoms with Gasteiger partial charge in [0.2, 0.25) is 0 Å². The average Bonchev–Trinajstić information content (AvgIpc) is 1.76. The molecule has 2 heteroatoms. The van der Waals surface area contributed by atoms with Crippen molar-refractivity contribution in [2.24, 2.45) is 5.92 Å². The van der Waals surface area contributed by atoms with Crippen molar-refractivity contribution in [1.29, 1.82) is 0 Å². The second-order valence-electron chi connectivity index (χ2n) is 2.64. The summed E-state index contributed by atoms with van der Waals surface area (Å²) in [7, 11) is 1.81. The lowest BCUT2D eigenvalue weighted by Gasteiger charge is -2.24. The van der Waals surface area contributed by atoms with Gasteiger partial charge in [-0.15, -0.1) is 0 Å². The van der Waals surface area contributed by atoms with Crippen LogP contribution in [0.2, 0.25) is 0 Å². The number of hydrogen-bond donors (Lipinski definition) is 1. The van der Waals surface area contributed by atoms with Crippen LogP contribution in [0.1, 0.15) is 25.7 Å². The van der Waals surface area contributed by atoms with Gasteiger partial charge in [-0.1, -0.05) is 19.3 Å². The van der Waals surface area contributed by atoms with E-state index in [9.17, 15) is 0 Å². The van der Waals surface area contributed by atoms with Crippen LogP contribution in [0.5, 0.6) is 0 Å². The average molecular weight is 129 g/mol. The molecular weight excluding hydrogens is 114 g/mol. The fourth-order valence-electron chi connectivity index (χ4n) is 1.11. The summed E-state index contributed by atoms with van der Waals surface area (Å²) in [6, 6.07) is 0. The summed E-state index contributed by atoms with van der Waals surface area (Å²) in [6.45, 7) is 0.876. The zero-order valence-corrected chi connectivity index (χ0v) is 6.02. The molecule has 0 unspecified atom stereocenters. The highest BCUT2D eigenvalue weighted by atomic mass is 16.6. The topological polar surface area (TPSA) is 21.3 Å². The number of hydrogen-bond acceptors (Lipinski definition) is 2. The maximum atomic E-state index is 4.99. The minimum atomic E-state index is 0.876. The Balaban J connectivity index is 1.80. The van der Waals surface area contributed by atoms with Crippen molar-refractivity contribution >= 4 is 0 Å². The van der Waals surface area contributed by atoms with Crippen molar-refractivity contribution in [3.63, 3.8) is 0 Å². The molecule has 0 amide bonds. The Labute approximate surface area is 56.5 Å². The summed E-state index contributed by atoms with van der Waals surface area (Å²) >= 11 is 0. The maximum Gasteiger partial charge on any atom is 0.0684 e. The van der Waals surface area contributed by atoms with Crippen LogP contribution in [-0.4, -0.2) is 13.7 Å². The van der Waals surface area contributed by atoms with Crippen LogP contribution in [0.4, 0.5) is 0 Å². The van der Waals surface area contributed by atoms with Crippen molar-refractivity contribution in [3.05, 3.63) is 0 Å². The summed E-state index contributed by atoms with van der Waals surface area (Å²) in [6.07, 6.45) is 5.52. The van der Waals surface area contributed by atoms with E-state index in [0.717, 1.165) is 12.5 Å². The van der Waals surface area contributed by atoms with Crippen LogP contribution in [-0.2, 0) is 4.84 Å². The summed E-state index contributed by atoms with van der Waals surface area (Å²) in [5, 5.41) is 0. The molecule has 1 aliphatic rings. The highest BCUT2D eigenvalue weighted by molar-refractivity contribution is 4.68. The summed E-state index contributed by atoms with van der Waals surface area (Å²) < 4.78 is 0. The van der Waals surface area contributed by atoms with Crippen molar-refractivity contribution in [2.45, 2.75) is 25.7 Å². The number of hydroxylamine groups is 1. The van der Waals surface area contributed by atoms with Gasteiger partial charge in [0.15, 0.2) is 0 Å². The molecule has 1 saturated carbocycles. The van der Waals surface area contributed by atoms with Crippen molar-refractivity contribution in [1.82, 2.24) is 5.48 Å². The first kappa shape index (κ1) is 7.03. The molecule has 1 N–H and O–H groups in total. The monoisotopic (exact) mass is 129 g/mol. The molecule has 1 rings (SSSR count). The zero-order chi connectivity index (χ0) is 6.53. The van der Waals surface area contributed by atoms with Gasteiger partial charge in [-0.3, -0.25) is 0 Å². The fourth-order valence-corrected chi connectivity index (χ4v) is 1.11. The lowest BCUT2D eigenvalue weighted by Crippen LogP contribution is -2.16. The minimum Gasteiger partial charge on any atom is -0.302 e. The van der Waals surface area contributed by atoms with Crippen LogP contribution >= 0.6 is 0 Å². The van der Waals surface area contributed by atoms with Gasteiger partial charge < -0.3 is 4.84 Å². The molecule has 0 atom stereocenters.